The van der Waals surface area contributed by atoms with Crippen molar-refractivity contribution in [3.8, 4) is 0 Å². The first kappa shape index (κ1) is 17.9. The van der Waals surface area contributed by atoms with E-state index in [4.69, 9.17) is 4.74 Å². The Hall–Kier alpha value is -0.910. The Morgan fingerprint density at radius 2 is 2.12 bits per heavy atom. The molecule has 2 N–H and O–H groups in total. The van der Waals surface area contributed by atoms with Crippen molar-refractivity contribution in [2.45, 2.75) is 64.0 Å². The van der Waals surface area contributed by atoms with Gasteiger partial charge in [-0.3, -0.25) is 10.00 Å². The van der Waals surface area contributed by atoms with Crippen molar-refractivity contribution in [3.05, 3.63) is 17.5 Å². The minimum atomic E-state index is 0.160. The van der Waals surface area contributed by atoms with Crippen molar-refractivity contribution in [3.63, 3.8) is 0 Å². The van der Waals surface area contributed by atoms with E-state index in [-0.39, 0.29) is 5.60 Å². The first-order valence-electron chi connectivity index (χ1n) is 9.43. The molecule has 0 atom stereocenters. The molecule has 0 unspecified atom stereocenters. The first-order valence-corrected chi connectivity index (χ1v) is 9.43. The van der Waals surface area contributed by atoms with Crippen molar-refractivity contribution in [1.82, 2.24) is 20.4 Å². The van der Waals surface area contributed by atoms with Gasteiger partial charge in [0.25, 0.3) is 0 Å². The third kappa shape index (κ3) is 4.01. The highest BCUT2D eigenvalue weighted by Gasteiger charge is 2.46. The van der Waals surface area contributed by atoms with Crippen LogP contribution in [-0.4, -0.2) is 54.5 Å². The third-order valence-electron chi connectivity index (χ3n) is 5.82. The van der Waals surface area contributed by atoms with Crippen LogP contribution in [0.25, 0.3) is 0 Å². The van der Waals surface area contributed by atoms with Gasteiger partial charge in [-0.05, 0) is 63.1 Å². The van der Waals surface area contributed by atoms with E-state index in [1.165, 1.54) is 43.4 Å². The van der Waals surface area contributed by atoms with Gasteiger partial charge in [0.15, 0.2) is 0 Å². The van der Waals surface area contributed by atoms with Crippen LogP contribution in [0.5, 0.6) is 0 Å². The summed E-state index contributed by atoms with van der Waals surface area (Å²) in [5, 5.41) is 10.8. The Kier molecular flexibility index (Phi) is 5.33. The van der Waals surface area contributed by atoms with Gasteiger partial charge in [0.1, 0.15) is 0 Å². The fourth-order valence-electron chi connectivity index (χ4n) is 4.54. The number of aromatic amines is 1. The molecule has 0 amide bonds. The van der Waals surface area contributed by atoms with Gasteiger partial charge in [-0.1, -0.05) is 13.8 Å². The minimum Gasteiger partial charge on any atom is -0.374 e. The average molecular weight is 335 g/mol. The van der Waals surface area contributed by atoms with E-state index < -0.39 is 0 Å². The molecule has 5 nitrogen and oxygen atoms in total. The van der Waals surface area contributed by atoms with Crippen molar-refractivity contribution in [1.29, 1.82) is 0 Å². The molecule has 0 aromatic carbocycles. The molecule has 1 saturated carbocycles. The molecule has 1 aliphatic carbocycles. The number of rotatable bonds is 6. The Morgan fingerprint density at radius 1 is 1.38 bits per heavy atom. The van der Waals surface area contributed by atoms with Gasteiger partial charge in [0, 0.05) is 25.8 Å². The third-order valence-corrected chi connectivity index (χ3v) is 5.82. The average Bonchev–Trinajstić information content (AvgIpc) is 3.11. The zero-order chi connectivity index (χ0) is 17.2. The second-order valence-corrected chi connectivity index (χ2v) is 8.72. The smallest absolute Gasteiger partial charge is 0.0796 e. The summed E-state index contributed by atoms with van der Waals surface area (Å²) in [4.78, 5) is 2.34. The van der Waals surface area contributed by atoms with Crippen LogP contribution >= 0.6 is 0 Å². The molecule has 0 radical (unpaired) electrons. The van der Waals surface area contributed by atoms with Crippen LogP contribution in [0.3, 0.4) is 0 Å². The largest absolute Gasteiger partial charge is 0.374 e. The zero-order valence-electron chi connectivity index (χ0n) is 15.8. The Bertz CT molecular complexity index is 531. The number of hydrogen-bond donors (Lipinski definition) is 2. The van der Waals surface area contributed by atoms with Crippen LogP contribution in [0, 0.1) is 5.41 Å². The van der Waals surface area contributed by atoms with Crippen LogP contribution in [-0.2, 0) is 11.3 Å². The Labute approximate surface area is 146 Å². The van der Waals surface area contributed by atoms with E-state index in [0.717, 1.165) is 26.2 Å². The van der Waals surface area contributed by atoms with E-state index in [1.54, 1.807) is 0 Å². The topological polar surface area (TPSA) is 53.2 Å². The molecule has 3 rings (SSSR count). The van der Waals surface area contributed by atoms with Crippen LogP contribution < -0.4 is 5.32 Å². The quantitative estimate of drug-likeness (QED) is 0.840. The predicted molar refractivity (Wildman–Crippen MR) is 97.1 cm³/mol. The van der Waals surface area contributed by atoms with E-state index in [2.05, 4.69) is 47.5 Å². The highest BCUT2D eigenvalue weighted by Crippen LogP contribution is 2.50. The van der Waals surface area contributed by atoms with Gasteiger partial charge < -0.3 is 10.1 Å². The monoisotopic (exact) mass is 334 g/mol. The summed E-state index contributed by atoms with van der Waals surface area (Å²) in [6.45, 7) is 8.57. The molecule has 1 aliphatic heterocycles. The molecule has 24 heavy (non-hydrogen) atoms. The second kappa shape index (κ2) is 7.14. The lowest BCUT2D eigenvalue weighted by Gasteiger charge is -2.37. The highest BCUT2D eigenvalue weighted by molar-refractivity contribution is 5.22. The molecule has 0 bridgehead atoms. The summed E-state index contributed by atoms with van der Waals surface area (Å²) < 4.78 is 6.26. The molecule has 1 aromatic rings. The maximum Gasteiger partial charge on any atom is 0.0796 e. The van der Waals surface area contributed by atoms with E-state index in [0.29, 0.717) is 11.3 Å². The molecule has 1 aromatic heterocycles. The van der Waals surface area contributed by atoms with Gasteiger partial charge in [0.2, 0.25) is 0 Å². The van der Waals surface area contributed by atoms with Gasteiger partial charge >= 0.3 is 0 Å². The van der Waals surface area contributed by atoms with Gasteiger partial charge in [0.05, 0.1) is 17.9 Å². The maximum absolute atomic E-state index is 6.26. The standard InChI is InChI=1S/C19H34N4O/c1-18(2)13-19(24-14-18)7-5-15(6-8-19)16-11-21-22-17(16)12-23(4)10-9-20-3/h11,15,20H,5-10,12-14H2,1-4H3,(H,21,22)/t15-,19-. The lowest BCUT2D eigenvalue weighted by molar-refractivity contribution is -0.0294. The first-order chi connectivity index (χ1) is 11.4. The number of nitrogens with one attached hydrogen (secondary N) is 2. The molecule has 2 aliphatic rings. The number of aromatic nitrogens is 2. The molecule has 1 spiro atoms. The molecule has 2 fully saturated rings. The van der Waals surface area contributed by atoms with Crippen LogP contribution in [0.1, 0.15) is 63.1 Å². The van der Waals surface area contributed by atoms with E-state index >= 15 is 0 Å². The highest BCUT2D eigenvalue weighted by atomic mass is 16.5. The van der Waals surface area contributed by atoms with Crippen LogP contribution in [0.2, 0.25) is 0 Å². The SMILES string of the molecule is CNCCN(C)Cc1n[nH]cc1[C@H]1CC[C@]2(CC1)CC(C)(C)CO2. The van der Waals surface area contributed by atoms with E-state index in [1.807, 2.05) is 7.05 Å². The molecule has 1 saturated heterocycles. The number of ether oxygens (including phenoxy) is 1. The summed E-state index contributed by atoms with van der Waals surface area (Å²) in [5.74, 6) is 0.634. The fourth-order valence-corrected chi connectivity index (χ4v) is 4.54. The lowest BCUT2D eigenvalue weighted by Crippen LogP contribution is -2.33. The summed E-state index contributed by atoms with van der Waals surface area (Å²) in [7, 11) is 4.16. The van der Waals surface area contributed by atoms with Crippen LogP contribution in [0.4, 0.5) is 0 Å². The normalized spacial score (nSPS) is 29.6. The van der Waals surface area contributed by atoms with Crippen molar-refractivity contribution in [2.24, 2.45) is 5.41 Å². The number of H-pyrrole nitrogens is 1. The molecular weight excluding hydrogens is 300 g/mol. The zero-order valence-corrected chi connectivity index (χ0v) is 15.8. The lowest BCUT2D eigenvalue weighted by atomic mass is 9.72. The van der Waals surface area contributed by atoms with Gasteiger partial charge in [-0.25, -0.2) is 0 Å². The van der Waals surface area contributed by atoms with E-state index in [9.17, 15) is 0 Å². The number of hydrogen-bond acceptors (Lipinski definition) is 4. The predicted octanol–water partition coefficient (Wildman–Crippen LogP) is 2.90. The summed E-state index contributed by atoms with van der Waals surface area (Å²) in [5.41, 5.74) is 3.16. The molecule has 5 heteroatoms. The number of nitrogens with zero attached hydrogens (tertiary/aromatic N) is 2. The summed E-state index contributed by atoms with van der Waals surface area (Å²) in [6, 6.07) is 0. The number of likely N-dealkylation sites (N-methyl/N-ethyl adjacent to an activating group) is 2. The van der Waals surface area contributed by atoms with Crippen molar-refractivity contribution < 1.29 is 4.74 Å². The summed E-state index contributed by atoms with van der Waals surface area (Å²) in [6.07, 6.45) is 8.19. The molecule has 136 valence electrons. The van der Waals surface area contributed by atoms with Crippen molar-refractivity contribution in [2.75, 3.05) is 33.8 Å². The summed E-state index contributed by atoms with van der Waals surface area (Å²) >= 11 is 0. The second-order valence-electron chi connectivity index (χ2n) is 8.72. The Morgan fingerprint density at radius 3 is 2.75 bits per heavy atom. The fraction of sp³-hybridized carbons (Fsp3) is 0.842. The van der Waals surface area contributed by atoms with Gasteiger partial charge in [-0.2, -0.15) is 5.10 Å². The Balaban J connectivity index is 1.58. The maximum atomic E-state index is 6.26. The van der Waals surface area contributed by atoms with Crippen LogP contribution in [0.15, 0.2) is 6.20 Å². The van der Waals surface area contributed by atoms with Gasteiger partial charge in [-0.15, -0.1) is 0 Å². The van der Waals surface area contributed by atoms with Crippen molar-refractivity contribution >= 4 is 0 Å². The molecular formula is C19H34N4O. The minimum absolute atomic E-state index is 0.160. The molecule has 2 heterocycles.